The SMILES string of the molecule is CCC(NCC(CO)Cc1ccccn1)c1ccccc1. The predicted octanol–water partition coefficient (Wildman–Crippen LogP) is 2.97. The average molecular weight is 284 g/mol. The summed E-state index contributed by atoms with van der Waals surface area (Å²) in [6.07, 6.45) is 3.64. The maximum absolute atomic E-state index is 9.58. The van der Waals surface area contributed by atoms with Crippen molar-refractivity contribution in [2.45, 2.75) is 25.8 Å². The highest BCUT2D eigenvalue weighted by Gasteiger charge is 2.13. The first kappa shape index (κ1) is 15.7. The lowest BCUT2D eigenvalue weighted by molar-refractivity contribution is 0.216. The Labute approximate surface area is 127 Å². The van der Waals surface area contributed by atoms with E-state index in [2.05, 4.69) is 41.5 Å². The van der Waals surface area contributed by atoms with Crippen molar-refractivity contribution < 1.29 is 5.11 Å². The van der Waals surface area contributed by atoms with Gasteiger partial charge in [-0.15, -0.1) is 0 Å². The fourth-order valence-corrected chi connectivity index (χ4v) is 2.51. The topological polar surface area (TPSA) is 45.1 Å². The van der Waals surface area contributed by atoms with E-state index in [1.54, 1.807) is 6.20 Å². The van der Waals surface area contributed by atoms with Gasteiger partial charge in [-0.1, -0.05) is 43.3 Å². The van der Waals surface area contributed by atoms with E-state index in [1.165, 1.54) is 5.56 Å². The molecule has 0 bridgehead atoms. The number of benzene rings is 1. The fraction of sp³-hybridized carbons (Fsp3) is 0.389. The van der Waals surface area contributed by atoms with Crippen LogP contribution in [0.4, 0.5) is 0 Å². The molecule has 0 aliphatic rings. The number of rotatable bonds is 8. The normalized spacial score (nSPS) is 13.8. The van der Waals surface area contributed by atoms with Crippen LogP contribution in [0.5, 0.6) is 0 Å². The Balaban J connectivity index is 1.90. The monoisotopic (exact) mass is 284 g/mol. The van der Waals surface area contributed by atoms with Crippen LogP contribution in [-0.2, 0) is 6.42 Å². The molecule has 1 heterocycles. The summed E-state index contributed by atoms with van der Waals surface area (Å²) in [5, 5.41) is 13.1. The largest absolute Gasteiger partial charge is 0.396 e. The molecule has 0 saturated heterocycles. The van der Waals surface area contributed by atoms with Gasteiger partial charge >= 0.3 is 0 Å². The Morgan fingerprint density at radius 3 is 2.48 bits per heavy atom. The van der Waals surface area contributed by atoms with Gasteiger partial charge in [0.15, 0.2) is 0 Å². The molecule has 3 nitrogen and oxygen atoms in total. The maximum Gasteiger partial charge on any atom is 0.0475 e. The third-order valence-corrected chi connectivity index (χ3v) is 3.75. The first-order chi connectivity index (χ1) is 10.3. The highest BCUT2D eigenvalue weighted by Crippen LogP contribution is 2.16. The summed E-state index contributed by atoms with van der Waals surface area (Å²) in [4.78, 5) is 4.33. The van der Waals surface area contributed by atoms with Crippen LogP contribution >= 0.6 is 0 Å². The molecule has 0 spiro atoms. The number of aliphatic hydroxyl groups excluding tert-OH is 1. The zero-order valence-corrected chi connectivity index (χ0v) is 12.6. The van der Waals surface area contributed by atoms with Crippen molar-refractivity contribution in [1.82, 2.24) is 10.3 Å². The molecule has 2 N–H and O–H groups in total. The van der Waals surface area contributed by atoms with Crippen LogP contribution in [0.3, 0.4) is 0 Å². The van der Waals surface area contributed by atoms with Crippen molar-refractivity contribution in [2.24, 2.45) is 5.92 Å². The van der Waals surface area contributed by atoms with Crippen molar-refractivity contribution in [3.8, 4) is 0 Å². The van der Waals surface area contributed by atoms with Crippen molar-refractivity contribution in [3.05, 3.63) is 66.0 Å². The average Bonchev–Trinajstić information content (AvgIpc) is 2.56. The van der Waals surface area contributed by atoms with Crippen molar-refractivity contribution >= 4 is 0 Å². The fourth-order valence-electron chi connectivity index (χ4n) is 2.51. The quantitative estimate of drug-likeness (QED) is 0.783. The number of pyridine rings is 1. The molecule has 3 heteroatoms. The minimum Gasteiger partial charge on any atom is -0.396 e. The van der Waals surface area contributed by atoms with Gasteiger partial charge in [-0.2, -0.15) is 0 Å². The van der Waals surface area contributed by atoms with Crippen LogP contribution in [0.1, 0.15) is 30.6 Å². The standard InChI is InChI=1S/C18H24N2O/c1-2-18(16-8-4-3-5-9-16)20-13-15(14-21)12-17-10-6-7-11-19-17/h3-11,15,18,20-21H,2,12-14H2,1H3. The van der Waals surface area contributed by atoms with E-state index in [9.17, 15) is 5.11 Å². The Morgan fingerprint density at radius 1 is 1.10 bits per heavy atom. The zero-order chi connectivity index (χ0) is 14.9. The Bertz CT molecular complexity index is 501. The smallest absolute Gasteiger partial charge is 0.0475 e. The van der Waals surface area contributed by atoms with Crippen molar-refractivity contribution in [2.75, 3.05) is 13.2 Å². The second kappa shape index (κ2) is 8.55. The van der Waals surface area contributed by atoms with E-state index in [0.29, 0.717) is 6.04 Å². The second-order valence-corrected chi connectivity index (χ2v) is 5.35. The lowest BCUT2D eigenvalue weighted by Crippen LogP contribution is -2.30. The first-order valence-corrected chi connectivity index (χ1v) is 7.62. The number of nitrogens with zero attached hydrogens (tertiary/aromatic N) is 1. The van der Waals surface area contributed by atoms with E-state index in [-0.39, 0.29) is 12.5 Å². The predicted molar refractivity (Wildman–Crippen MR) is 86.0 cm³/mol. The molecule has 0 radical (unpaired) electrons. The molecule has 0 aliphatic carbocycles. The van der Waals surface area contributed by atoms with Crippen LogP contribution in [0, 0.1) is 5.92 Å². The molecule has 2 unspecified atom stereocenters. The molecule has 21 heavy (non-hydrogen) atoms. The minimum atomic E-state index is 0.175. The number of hydrogen-bond donors (Lipinski definition) is 2. The minimum absolute atomic E-state index is 0.175. The number of nitrogens with one attached hydrogen (secondary N) is 1. The van der Waals surface area contributed by atoms with Gasteiger partial charge < -0.3 is 10.4 Å². The highest BCUT2D eigenvalue weighted by atomic mass is 16.3. The van der Waals surface area contributed by atoms with Gasteiger partial charge in [0.1, 0.15) is 0 Å². The molecular formula is C18H24N2O. The molecule has 0 amide bonds. The molecule has 0 aliphatic heterocycles. The zero-order valence-electron chi connectivity index (χ0n) is 12.6. The van der Waals surface area contributed by atoms with Gasteiger partial charge in [-0.05, 0) is 36.5 Å². The van der Waals surface area contributed by atoms with E-state index in [4.69, 9.17) is 0 Å². The van der Waals surface area contributed by atoms with Crippen LogP contribution in [-0.4, -0.2) is 23.2 Å². The van der Waals surface area contributed by atoms with E-state index in [0.717, 1.165) is 25.1 Å². The van der Waals surface area contributed by atoms with E-state index < -0.39 is 0 Å². The summed E-state index contributed by atoms with van der Waals surface area (Å²) in [5.74, 6) is 0.192. The number of aromatic nitrogens is 1. The van der Waals surface area contributed by atoms with Gasteiger partial charge in [0, 0.05) is 31.1 Å². The van der Waals surface area contributed by atoms with Crippen molar-refractivity contribution in [3.63, 3.8) is 0 Å². The molecule has 1 aromatic heterocycles. The summed E-state index contributed by atoms with van der Waals surface area (Å²) in [6, 6.07) is 16.7. The third kappa shape index (κ3) is 4.96. The van der Waals surface area contributed by atoms with Crippen LogP contribution in [0.15, 0.2) is 54.7 Å². The summed E-state index contributed by atoms with van der Waals surface area (Å²) in [5.41, 5.74) is 2.33. The van der Waals surface area contributed by atoms with Crippen LogP contribution < -0.4 is 5.32 Å². The Kier molecular flexibility index (Phi) is 6.38. The summed E-state index contributed by atoms with van der Waals surface area (Å²) in [7, 11) is 0. The van der Waals surface area contributed by atoms with Gasteiger partial charge in [-0.3, -0.25) is 4.98 Å². The highest BCUT2D eigenvalue weighted by molar-refractivity contribution is 5.18. The molecule has 2 aromatic rings. The molecule has 0 saturated carbocycles. The third-order valence-electron chi connectivity index (χ3n) is 3.75. The van der Waals surface area contributed by atoms with E-state index >= 15 is 0 Å². The van der Waals surface area contributed by atoms with Gasteiger partial charge in [0.25, 0.3) is 0 Å². The Morgan fingerprint density at radius 2 is 1.86 bits per heavy atom. The molecule has 1 aromatic carbocycles. The molecule has 2 atom stereocenters. The summed E-state index contributed by atoms with van der Waals surface area (Å²) >= 11 is 0. The van der Waals surface area contributed by atoms with Gasteiger partial charge in [0.2, 0.25) is 0 Å². The maximum atomic E-state index is 9.58. The summed E-state index contributed by atoms with van der Waals surface area (Å²) in [6.45, 7) is 3.15. The second-order valence-electron chi connectivity index (χ2n) is 5.35. The van der Waals surface area contributed by atoms with Gasteiger partial charge in [-0.25, -0.2) is 0 Å². The molecular weight excluding hydrogens is 260 g/mol. The number of aliphatic hydroxyl groups is 1. The van der Waals surface area contributed by atoms with Crippen molar-refractivity contribution in [1.29, 1.82) is 0 Å². The van der Waals surface area contributed by atoms with Gasteiger partial charge in [0.05, 0.1) is 0 Å². The van der Waals surface area contributed by atoms with E-state index in [1.807, 2.05) is 24.3 Å². The first-order valence-electron chi connectivity index (χ1n) is 7.62. The molecule has 0 fully saturated rings. The lowest BCUT2D eigenvalue weighted by atomic mass is 10.0. The van der Waals surface area contributed by atoms with Crippen LogP contribution in [0.2, 0.25) is 0 Å². The molecule has 112 valence electrons. The summed E-state index contributed by atoms with van der Waals surface area (Å²) < 4.78 is 0. The Hall–Kier alpha value is -1.71. The lowest BCUT2D eigenvalue weighted by Gasteiger charge is -2.21. The van der Waals surface area contributed by atoms with Crippen LogP contribution in [0.25, 0.3) is 0 Å². The molecule has 2 rings (SSSR count). The number of hydrogen-bond acceptors (Lipinski definition) is 3.